The Hall–Kier alpha value is -1.09. The molecule has 1 aliphatic rings. The van der Waals surface area contributed by atoms with Gasteiger partial charge in [0, 0.05) is 29.4 Å². The van der Waals surface area contributed by atoms with E-state index < -0.39 is 0 Å². The molecule has 2 atom stereocenters. The molecule has 2 aromatic rings. The first-order valence-corrected chi connectivity index (χ1v) is 8.50. The Balaban J connectivity index is 2.01. The lowest BCUT2D eigenvalue weighted by molar-refractivity contribution is 0.322. The molecule has 2 unspecified atom stereocenters. The van der Waals surface area contributed by atoms with Crippen LogP contribution >= 0.6 is 15.9 Å². The summed E-state index contributed by atoms with van der Waals surface area (Å²) in [7, 11) is 0. The van der Waals surface area contributed by atoms with Gasteiger partial charge in [-0.05, 0) is 30.4 Å². The lowest BCUT2D eigenvalue weighted by Crippen LogP contribution is -2.39. The van der Waals surface area contributed by atoms with Crippen molar-refractivity contribution in [2.24, 2.45) is 11.8 Å². The minimum Gasteiger partial charge on any atom is -0.356 e. The summed E-state index contributed by atoms with van der Waals surface area (Å²) in [5, 5.41) is 2.09. The largest absolute Gasteiger partial charge is 0.356 e. The normalized spacial score (nSPS) is 23.2. The number of benzene rings is 1. The van der Waals surface area contributed by atoms with E-state index in [9.17, 15) is 0 Å². The fourth-order valence-electron chi connectivity index (χ4n) is 2.98. The van der Waals surface area contributed by atoms with Gasteiger partial charge >= 0.3 is 0 Å². The molecule has 1 aromatic heterocycles. The molecule has 0 saturated carbocycles. The maximum Gasteiger partial charge on any atom is 0.133 e. The van der Waals surface area contributed by atoms with Crippen LogP contribution in [-0.4, -0.2) is 18.1 Å². The van der Waals surface area contributed by atoms with Crippen LogP contribution < -0.4 is 4.90 Å². The highest BCUT2D eigenvalue weighted by atomic mass is 79.9. The van der Waals surface area contributed by atoms with Crippen molar-refractivity contribution >= 4 is 32.7 Å². The number of alkyl halides is 1. The Kier molecular flexibility index (Phi) is 3.97. The third kappa shape index (κ3) is 2.56. The molecule has 1 fully saturated rings. The molecular formula is C17H21BrN2. The summed E-state index contributed by atoms with van der Waals surface area (Å²) in [6.45, 7) is 6.95. The van der Waals surface area contributed by atoms with Crippen molar-refractivity contribution in [3.63, 3.8) is 0 Å². The van der Waals surface area contributed by atoms with Gasteiger partial charge in [-0.15, -0.1) is 0 Å². The van der Waals surface area contributed by atoms with Crippen LogP contribution in [0.1, 0.15) is 25.8 Å². The van der Waals surface area contributed by atoms with Crippen LogP contribution in [-0.2, 0) is 5.33 Å². The second kappa shape index (κ2) is 5.72. The third-order valence-corrected chi connectivity index (χ3v) is 5.16. The number of rotatable bonds is 2. The molecule has 3 rings (SSSR count). The fraction of sp³-hybridized carbons (Fsp3) is 0.471. The summed E-state index contributed by atoms with van der Waals surface area (Å²) in [5.74, 6) is 2.72. The Bertz CT molecular complexity index is 611. The molecule has 1 saturated heterocycles. The minimum atomic E-state index is 0.736. The molecule has 0 N–H and O–H groups in total. The van der Waals surface area contributed by atoms with Gasteiger partial charge in [-0.1, -0.05) is 48.0 Å². The second-order valence-electron chi connectivity index (χ2n) is 5.99. The van der Waals surface area contributed by atoms with E-state index in [2.05, 4.69) is 65.0 Å². The van der Waals surface area contributed by atoms with E-state index in [1.54, 1.807) is 0 Å². The Morgan fingerprint density at radius 3 is 2.80 bits per heavy atom. The highest BCUT2D eigenvalue weighted by molar-refractivity contribution is 9.08. The molecule has 2 nitrogen and oxygen atoms in total. The van der Waals surface area contributed by atoms with Crippen LogP contribution in [0.3, 0.4) is 0 Å². The third-order valence-electron chi connectivity index (χ3n) is 4.56. The maximum atomic E-state index is 4.93. The Morgan fingerprint density at radius 1 is 1.25 bits per heavy atom. The summed E-state index contributed by atoms with van der Waals surface area (Å²) >= 11 is 3.62. The molecule has 0 amide bonds. The number of nitrogens with zero attached hydrogens (tertiary/aromatic N) is 2. The van der Waals surface area contributed by atoms with E-state index in [-0.39, 0.29) is 0 Å². The summed E-state index contributed by atoms with van der Waals surface area (Å²) in [5.41, 5.74) is 2.39. The number of anilines is 1. The van der Waals surface area contributed by atoms with E-state index >= 15 is 0 Å². The van der Waals surface area contributed by atoms with Crippen molar-refractivity contribution in [3.05, 3.63) is 35.9 Å². The number of aromatic nitrogens is 1. The van der Waals surface area contributed by atoms with Crippen LogP contribution in [0.15, 0.2) is 30.3 Å². The van der Waals surface area contributed by atoms with Gasteiger partial charge in [0.25, 0.3) is 0 Å². The first-order valence-electron chi connectivity index (χ1n) is 7.38. The average molecular weight is 333 g/mol. The number of para-hydroxylation sites is 1. The Morgan fingerprint density at radius 2 is 2.05 bits per heavy atom. The van der Waals surface area contributed by atoms with Gasteiger partial charge in [0.1, 0.15) is 5.82 Å². The van der Waals surface area contributed by atoms with Crippen molar-refractivity contribution in [3.8, 4) is 0 Å². The number of pyridine rings is 1. The molecule has 2 heterocycles. The van der Waals surface area contributed by atoms with Crippen LogP contribution in [0.5, 0.6) is 0 Å². The van der Waals surface area contributed by atoms with Gasteiger partial charge in [0.15, 0.2) is 0 Å². The lowest BCUT2D eigenvalue weighted by atomic mass is 9.88. The predicted octanol–water partition coefficient (Wildman–Crippen LogP) is 4.61. The van der Waals surface area contributed by atoms with Crippen molar-refractivity contribution < 1.29 is 0 Å². The molecule has 0 bridgehead atoms. The topological polar surface area (TPSA) is 16.1 Å². The number of fused-ring (bicyclic) bond motifs is 1. The average Bonchev–Trinajstić information content (AvgIpc) is 2.48. The second-order valence-corrected chi connectivity index (χ2v) is 6.55. The molecule has 3 heteroatoms. The summed E-state index contributed by atoms with van der Waals surface area (Å²) in [6, 6.07) is 10.7. The van der Waals surface area contributed by atoms with Gasteiger partial charge in [0.05, 0.1) is 5.52 Å². The quantitative estimate of drug-likeness (QED) is 0.746. The van der Waals surface area contributed by atoms with E-state index in [0.717, 1.165) is 35.8 Å². The van der Waals surface area contributed by atoms with Crippen LogP contribution in [0.2, 0.25) is 0 Å². The maximum absolute atomic E-state index is 4.93. The molecule has 0 aliphatic carbocycles. The summed E-state index contributed by atoms with van der Waals surface area (Å²) < 4.78 is 0. The zero-order valence-electron chi connectivity index (χ0n) is 12.1. The molecule has 0 spiro atoms. The van der Waals surface area contributed by atoms with Crippen LogP contribution in [0.25, 0.3) is 10.9 Å². The Labute approximate surface area is 129 Å². The molecule has 1 aliphatic heterocycles. The molecule has 0 radical (unpaired) electrons. The van der Waals surface area contributed by atoms with E-state index in [4.69, 9.17) is 4.98 Å². The molecule has 20 heavy (non-hydrogen) atoms. The van der Waals surface area contributed by atoms with Crippen molar-refractivity contribution in [1.29, 1.82) is 0 Å². The monoisotopic (exact) mass is 332 g/mol. The number of halogens is 1. The standard InChI is InChI=1S/C17H21BrN2/c1-12-7-8-20(11-13(12)2)17-15(10-18)9-14-5-3-4-6-16(14)19-17/h3-6,9,12-13H,7-8,10-11H2,1-2H3. The zero-order valence-corrected chi connectivity index (χ0v) is 13.7. The minimum absolute atomic E-state index is 0.736. The SMILES string of the molecule is CC1CCN(c2nc3ccccc3cc2CBr)CC1C. The van der Waals surface area contributed by atoms with E-state index in [0.29, 0.717) is 0 Å². The van der Waals surface area contributed by atoms with Crippen molar-refractivity contribution in [1.82, 2.24) is 4.98 Å². The van der Waals surface area contributed by atoms with Crippen molar-refractivity contribution in [2.45, 2.75) is 25.6 Å². The number of hydrogen-bond donors (Lipinski definition) is 0. The summed E-state index contributed by atoms with van der Waals surface area (Å²) in [4.78, 5) is 7.39. The highest BCUT2D eigenvalue weighted by Crippen LogP contribution is 2.30. The smallest absolute Gasteiger partial charge is 0.133 e. The van der Waals surface area contributed by atoms with Gasteiger partial charge in [-0.25, -0.2) is 4.98 Å². The van der Waals surface area contributed by atoms with Gasteiger partial charge in [0.2, 0.25) is 0 Å². The number of hydrogen-bond acceptors (Lipinski definition) is 2. The van der Waals surface area contributed by atoms with Crippen LogP contribution in [0, 0.1) is 11.8 Å². The zero-order chi connectivity index (χ0) is 14.1. The number of piperidine rings is 1. The van der Waals surface area contributed by atoms with Crippen LogP contribution in [0.4, 0.5) is 5.82 Å². The van der Waals surface area contributed by atoms with E-state index in [1.807, 2.05) is 0 Å². The van der Waals surface area contributed by atoms with Gasteiger partial charge < -0.3 is 4.90 Å². The van der Waals surface area contributed by atoms with Crippen molar-refractivity contribution in [2.75, 3.05) is 18.0 Å². The molecule has 106 valence electrons. The van der Waals surface area contributed by atoms with E-state index in [1.165, 1.54) is 23.2 Å². The first kappa shape index (κ1) is 13.9. The summed E-state index contributed by atoms with van der Waals surface area (Å²) in [6.07, 6.45) is 1.26. The fourth-order valence-corrected chi connectivity index (χ4v) is 3.39. The lowest BCUT2D eigenvalue weighted by Gasteiger charge is -2.37. The first-order chi connectivity index (χ1) is 9.69. The molecule has 1 aromatic carbocycles. The predicted molar refractivity (Wildman–Crippen MR) is 89.5 cm³/mol. The molecular weight excluding hydrogens is 312 g/mol. The van der Waals surface area contributed by atoms with Gasteiger partial charge in [-0.2, -0.15) is 0 Å². The highest BCUT2D eigenvalue weighted by Gasteiger charge is 2.25. The van der Waals surface area contributed by atoms with Gasteiger partial charge in [-0.3, -0.25) is 0 Å².